The number of carbonyl (C=O) groups excluding carboxylic acids is 1. The van der Waals surface area contributed by atoms with Crippen molar-refractivity contribution in [2.45, 2.75) is 32.2 Å². The summed E-state index contributed by atoms with van der Waals surface area (Å²) in [6, 6.07) is 5.18. The molecule has 2 aliphatic rings. The number of halogens is 1. The van der Waals surface area contributed by atoms with Gasteiger partial charge in [0.15, 0.2) is 0 Å². The average molecular weight is 297 g/mol. The van der Waals surface area contributed by atoms with Gasteiger partial charge >= 0.3 is 0 Å². The summed E-state index contributed by atoms with van der Waals surface area (Å²) < 4.78 is 0. The van der Waals surface area contributed by atoms with Crippen LogP contribution in [-0.4, -0.2) is 17.1 Å². The van der Waals surface area contributed by atoms with Crippen molar-refractivity contribution in [3.8, 4) is 5.75 Å². The van der Waals surface area contributed by atoms with Crippen LogP contribution < -0.4 is 11.1 Å². The smallest absolute Gasteiger partial charge is 0.229 e. The van der Waals surface area contributed by atoms with Gasteiger partial charge in [0.25, 0.3) is 0 Å². The molecule has 0 spiro atoms. The number of nitrogens with two attached hydrogens (primary N) is 1. The summed E-state index contributed by atoms with van der Waals surface area (Å²) >= 11 is 0. The molecule has 2 aliphatic carbocycles. The Labute approximate surface area is 125 Å². The molecule has 4 unspecified atom stereocenters. The highest BCUT2D eigenvalue weighted by Gasteiger charge is 2.49. The average Bonchev–Trinajstić information content (AvgIpc) is 2.94. The van der Waals surface area contributed by atoms with Crippen molar-refractivity contribution in [1.82, 2.24) is 0 Å². The van der Waals surface area contributed by atoms with Gasteiger partial charge < -0.3 is 16.2 Å². The summed E-state index contributed by atoms with van der Waals surface area (Å²) in [5.74, 6) is 0.897. The van der Waals surface area contributed by atoms with Crippen LogP contribution in [0, 0.1) is 24.7 Å². The second kappa shape index (κ2) is 5.62. The van der Waals surface area contributed by atoms with E-state index in [1.54, 1.807) is 12.1 Å². The topological polar surface area (TPSA) is 75.3 Å². The first kappa shape index (κ1) is 15.1. The van der Waals surface area contributed by atoms with Crippen molar-refractivity contribution in [2.75, 3.05) is 5.32 Å². The van der Waals surface area contributed by atoms with Crippen LogP contribution in [0.1, 0.15) is 24.8 Å². The molecule has 0 aromatic heterocycles. The summed E-state index contributed by atoms with van der Waals surface area (Å²) in [7, 11) is 0. The first-order valence-corrected chi connectivity index (χ1v) is 6.92. The molecular formula is C15H21ClN2O2. The summed E-state index contributed by atoms with van der Waals surface area (Å²) in [6.07, 6.45) is 3.35. The van der Waals surface area contributed by atoms with E-state index >= 15 is 0 Å². The zero-order valence-electron chi connectivity index (χ0n) is 11.5. The molecule has 3 rings (SSSR count). The molecule has 4 nitrogen and oxygen atoms in total. The number of phenolic OH excluding ortho intramolecular Hbond substituents is 1. The molecule has 110 valence electrons. The Kier molecular flexibility index (Phi) is 4.25. The number of aromatic hydroxyl groups is 1. The van der Waals surface area contributed by atoms with Gasteiger partial charge in [0, 0.05) is 6.04 Å². The molecule has 2 saturated carbocycles. The van der Waals surface area contributed by atoms with Gasteiger partial charge in [0.2, 0.25) is 5.91 Å². The maximum absolute atomic E-state index is 12.4. The summed E-state index contributed by atoms with van der Waals surface area (Å²) in [5.41, 5.74) is 7.65. The van der Waals surface area contributed by atoms with Crippen LogP contribution in [0.5, 0.6) is 5.75 Å². The van der Waals surface area contributed by atoms with Crippen molar-refractivity contribution < 1.29 is 9.90 Å². The molecular weight excluding hydrogens is 276 g/mol. The highest BCUT2D eigenvalue weighted by molar-refractivity contribution is 5.95. The molecule has 5 heteroatoms. The third-order valence-electron chi connectivity index (χ3n) is 4.69. The highest BCUT2D eigenvalue weighted by Crippen LogP contribution is 2.48. The maximum Gasteiger partial charge on any atom is 0.229 e. The normalized spacial score (nSPS) is 30.9. The third kappa shape index (κ3) is 2.50. The standard InChI is InChI=1S/C15H20N2O2.ClH/c1-8-2-5-12(18)11(6-8)17-15(19)13-9-3-4-10(7-9)14(13)16;/h2,5-6,9-10,13-14,18H,3-4,7,16H2,1H3,(H,17,19);1H. The number of benzene rings is 1. The van der Waals surface area contributed by atoms with Crippen molar-refractivity contribution in [3.63, 3.8) is 0 Å². The number of hydrogen-bond donors (Lipinski definition) is 3. The molecule has 0 saturated heterocycles. The Morgan fingerprint density at radius 3 is 2.70 bits per heavy atom. The highest BCUT2D eigenvalue weighted by atomic mass is 35.5. The maximum atomic E-state index is 12.4. The fourth-order valence-corrected chi connectivity index (χ4v) is 3.69. The number of rotatable bonds is 2. The van der Waals surface area contributed by atoms with Crippen molar-refractivity contribution in [3.05, 3.63) is 23.8 Å². The quantitative estimate of drug-likeness (QED) is 0.734. The first-order valence-electron chi connectivity index (χ1n) is 6.92. The Morgan fingerprint density at radius 1 is 1.35 bits per heavy atom. The number of amides is 1. The fourth-order valence-electron chi connectivity index (χ4n) is 3.69. The van der Waals surface area contributed by atoms with E-state index in [2.05, 4.69) is 5.32 Å². The van der Waals surface area contributed by atoms with E-state index in [0.29, 0.717) is 17.5 Å². The predicted octanol–water partition coefficient (Wildman–Crippen LogP) is 2.43. The molecule has 1 amide bonds. The number of phenols is 1. The summed E-state index contributed by atoms with van der Waals surface area (Å²) in [5, 5.41) is 12.6. The van der Waals surface area contributed by atoms with Crippen LogP contribution in [0.15, 0.2) is 18.2 Å². The monoisotopic (exact) mass is 296 g/mol. The molecule has 0 aliphatic heterocycles. The molecule has 1 aromatic carbocycles. The molecule has 0 heterocycles. The van der Waals surface area contributed by atoms with E-state index in [1.807, 2.05) is 13.0 Å². The van der Waals surface area contributed by atoms with Crippen LogP contribution in [0.2, 0.25) is 0 Å². The SMILES string of the molecule is Cc1ccc(O)c(NC(=O)C2C3CCC(C3)C2N)c1.Cl. The lowest BCUT2D eigenvalue weighted by Crippen LogP contribution is -2.42. The van der Waals surface area contributed by atoms with Gasteiger partial charge in [0.05, 0.1) is 11.6 Å². The van der Waals surface area contributed by atoms with Crippen LogP contribution in [0.3, 0.4) is 0 Å². The minimum Gasteiger partial charge on any atom is -0.506 e. The van der Waals surface area contributed by atoms with E-state index < -0.39 is 0 Å². The number of carbonyl (C=O) groups is 1. The van der Waals surface area contributed by atoms with Crippen LogP contribution in [-0.2, 0) is 4.79 Å². The van der Waals surface area contributed by atoms with E-state index in [1.165, 1.54) is 0 Å². The number of aryl methyl sites for hydroxylation is 1. The Hall–Kier alpha value is -1.26. The molecule has 0 radical (unpaired) electrons. The fraction of sp³-hybridized carbons (Fsp3) is 0.533. The Balaban J connectivity index is 0.00000147. The Morgan fingerprint density at radius 2 is 2.05 bits per heavy atom. The zero-order chi connectivity index (χ0) is 13.6. The van der Waals surface area contributed by atoms with Gasteiger partial charge in [-0.1, -0.05) is 6.07 Å². The molecule has 2 bridgehead atoms. The molecule has 2 fully saturated rings. The van der Waals surface area contributed by atoms with Crippen molar-refractivity contribution in [2.24, 2.45) is 23.5 Å². The number of nitrogens with one attached hydrogen (secondary N) is 1. The lowest BCUT2D eigenvalue weighted by atomic mass is 9.84. The molecule has 4 atom stereocenters. The van der Waals surface area contributed by atoms with Gasteiger partial charge in [-0.15, -0.1) is 12.4 Å². The van der Waals surface area contributed by atoms with Gasteiger partial charge in [-0.2, -0.15) is 0 Å². The molecule has 4 N–H and O–H groups in total. The van der Waals surface area contributed by atoms with E-state index in [9.17, 15) is 9.90 Å². The number of hydrogen-bond acceptors (Lipinski definition) is 3. The van der Waals surface area contributed by atoms with Gasteiger partial charge in [0.1, 0.15) is 5.75 Å². The second-order valence-electron chi connectivity index (χ2n) is 5.95. The van der Waals surface area contributed by atoms with Gasteiger partial charge in [-0.25, -0.2) is 0 Å². The second-order valence-corrected chi connectivity index (χ2v) is 5.95. The third-order valence-corrected chi connectivity index (χ3v) is 4.69. The van der Waals surface area contributed by atoms with Crippen LogP contribution >= 0.6 is 12.4 Å². The minimum atomic E-state index is -0.0985. The summed E-state index contributed by atoms with van der Waals surface area (Å²) in [4.78, 5) is 12.4. The van der Waals surface area contributed by atoms with E-state index in [4.69, 9.17) is 5.73 Å². The zero-order valence-corrected chi connectivity index (χ0v) is 12.3. The lowest BCUT2D eigenvalue weighted by molar-refractivity contribution is -0.121. The molecule has 20 heavy (non-hydrogen) atoms. The number of fused-ring (bicyclic) bond motifs is 2. The van der Waals surface area contributed by atoms with E-state index in [-0.39, 0.29) is 36.0 Å². The van der Waals surface area contributed by atoms with Gasteiger partial charge in [-0.3, -0.25) is 4.79 Å². The largest absolute Gasteiger partial charge is 0.506 e. The predicted molar refractivity (Wildman–Crippen MR) is 81.0 cm³/mol. The first-order chi connectivity index (χ1) is 9.06. The molecule has 1 aromatic rings. The van der Waals surface area contributed by atoms with Crippen LogP contribution in [0.4, 0.5) is 5.69 Å². The van der Waals surface area contributed by atoms with Crippen LogP contribution in [0.25, 0.3) is 0 Å². The Bertz CT molecular complexity index is 519. The van der Waals surface area contributed by atoms with Gasteiger partial charge in [-0.05, 0) is 55.7 Å². The minimum absolute atomic E-state index is 0. The van der Waals surface area contributed by atoms with E-state index in [0.717, 1.165) is 24.8 Å². The van der Waals surface area contributed by atoms with Crippen molar-refractivity contribution >= 4 is 24.0 Å². The summed E-state index contributed by atoms with van der Waals surface area (Å²) in [6.45, 7) is 1.93. The number of anilines is 1. The van der Waals surface area contributed by atoms with Crippen molar-refractivity contribution in [1.29, 1.82) is 0 Å². The lowest BCUT2D eigenvalue weighted by Gasteiger charge is -2.27.